The third kappa shape index (κ3) is 5.74. The number of hydrogen-bond acceptors (Lipinski definition) is 3. The second-order valence-electron chi connectivity index (χ2n) is 7.66. The van der Waals surface area contributed by atoms with Crippen LogP contribution in [0.15, 0.2) is 48.5 Å². The van der Waals surface area contributed by atoms with E-state index in [0.717, 1.165) is 30.8 Å². The van der Waals surface area contributed by atoms with Gasteiger partial charge in [0, 0.05) is 23.8 Å². The van der Waals surface area contributed by atoms with Gasteiger partial charge in [0.2, 0.25) is 5.91 Å². The van der Waals surface area contributed by atoms with Gasteiger partial charge in [0.25, 0.3) is 0 Å². The van der Waals surface area contributed by atoms with Crippen molar-refractivity contribution >= 4 is 29.2 Å². The largest absolute Gasteiger partial charge is 0.351 e. The summed E-state index contributed by atoms with van der Waals surface area (Å²) in [5.74, 6) is -0.0588. The van der Waals surface area contributed by atoms with Gasteiger partial charge in [0.05, 0.1) is 5.41 Å². The molecular formula is C23H29ClN4O2. The van der Waals surface area contributed by atoms with Crippen LogP contribution in [0.25, 0.3) is 0 Å². The van der Waals surface area contributed by atoms with E-state index < -0.39 is 5.41 Å². The molecule has 1 fully saturated rings. The van der Waals surface area contributed by atoms with Crippen LogP contribution in [0.4, 0.5) is 10.5 Å². The SMILES string of the molecule is CCc1ccc(NC(=O)NCC2(C(=O)NCc3ccccc3Cl)CCNCC2)cc1. The van der Waals surface area contributed by atoms with Crippen molar-refractivity contribution in [3.63, 3.8) is 0 Å². The van der Waals surface area contributed by atoms with Crippen LogP contribution in [0.1, 0.15) is 30.9 Å². The molecule has 3 rings (SSSR count). The van der Waals surface area contributed by atoms with E-state index in [0.29, 0.717) is 24.4 Å². The van der Waals surface area contributed by atoms with E-state index >= 15 is 0 Å². The Morgan fingerprint density at radius 3 is 2.40 bits per heavy atom. The van der Waals surface area contributed by atoms with Crippen LogP contribution in [0.3, 0.4) is 0 Å². The maximum atomic E-state index is 13.1. The Labute approximate surface area is 182 Å². The highest BCUT2D eigenvalue weighted by atomic mass is 35.5. The summed E-state index contributed by atoms with van der Waals surface area (Å²) in [4.78, 5) is 25.5. The van der Waals surface area contributed by atoms with Gasteiger partial charge in [-0.15, -0.1) is 0 Å². The number of hydrogen-bond donors (Lipinski definition) is 4. The lowest BCUT2D eigenvalue weighted by Gasteiger charge is -2.36. The van der Waals surface area contributed by atoms with Crippen molar-refractivity contribution in [3.05, 3.63) is 64.7 Å². The highest BCUT2D eigenvalue weighted by Gasteiger charge is 2.39. The summed E-state index contributed by atoms with van der Waals surface area (Å²) in [6.45, 7) is 4.21. The molecule has 160 valence electrons. The first kappa shape index (κ1) is 22.1. The summed E-state index contributed by atoms with van der Waals surface area (Å²) in [5, 5.41) is 12.7. The molecular weight excluding hydrogens is 400 g/mol. The summed E-state index contributed by atoms with van der Waals surface area (Å²) in [6, 6.07) is 14.9. The van der Waals surface area contributed by atoms with Crippen LogP contribution in [0, 0.1) is 5.41 Å². The maximum absolute atomic E-state index is 13.1. The third-order valence-electron chi connectivity index (χ3n) is 5.65. The smallest absolute Gasteiger partial charge is 0.319 e. The van der Waals surface area contributed by atoms with Gasteiger partial charge in [0.15, 0.2) is 0 Å². The van der Waals surface area contributed by atoms with Crippen LogP contribution in [-0.4, -0.2) is 31.6 Å². The van der Waals surface area contributed by atoms with Crippen molar-refractivity contribution in [2.75, 3.05) is 25.0 Å². The van der Waals surface area contributed by atoms with Crippen molar-refractivity contribution in [2.45, 2.75) is 32.7 Å². The number of carbonyl (C=O) groups excluding carboxylic acids is 2. The van der Waals surface area contributed by atoms with Gasteiger partial charge >= 0.3 is 6.03 Å². The third-order valence-corrected chi connectivity index (χ3v) is 6.02. The molecule has 1 heterocycles. The first-order valence-electron chi connectivity index (χ1n) is 10.4. The molecule has 0 bridgehead atoms. The van der Waals surface area contributed by atoms with Crippen LogP contribution in [-0.2, 0) is 17.8 Å². The van der Waals surface area contributed by atoms with Gasteiger partial charge < -0.3 is 21.3 Å². The number of amides is 3. The van der Waals surface area contributed by atoms with Crippen molar-refractivity contribution in [1.29, 1.82) is 0 Å². The van der Waals surface area contributed by atoms with E-state index in [1.165, 1.54) is 5.56 Å². The first-order valence-corrected chi connectivity index (χ1v) is 10.8. The Hall–Kier alpha value is -2.57. The molecule has 3 amide bonds. The topological polar surface area (TPSA) is 82.3 Å². The predicted octanol–water partition coefficient (Wildman–Crippen LogP) is 3.71. The molecule has 0 atom stereocenters. The number of anilines is 1. The van der Waals surface area contributed by atoms with Crippen molar-refractivity contribution in [2.24, 2.45) is 5.41 Å². The molecule has 0 saturated carbocycles. The molecule has 0 aliphatic carbocycles. The molecule has 0 aromatic heterocycles. The summed E-state index contributed by atoms with van der Waals surface area (Å²) in [7, 11) is 0. The monoisotopic (exact) mass is 428 g/mol. The zero-order valence-electron chi connectivity index (χ0n) is 17.3. The number of nitrogens with one attached hydrogen (secondary N) is 4. The molecule has 6 nitrogen and oxygen atoms in total. The van der Waals surface area contributed by atoms with Gasteiger partial charge in [-0.1, -0.05) is 48.9 Å². The molecule has 0 spiro atoms. The van der Waals surface area contributed by atoms with E-state index in [1.54, 1.807) is 0 Å². The van der Waals surface area contributed by atoms with E-state index in [2.05, 4.69) is 28.2 Å². The second-order valence-corrected chi connectivity index (χ2v) is 8.07. The summed E-state index contributed by atoms with van der Waals surface area (Å²) < 4.78 is 0. The summed E-state index contributed by atoms with van der Waals surface area (Å²) in [6.07, 6.45) is 2.27. The van der Waals surface area contributed by atoms with Crippen molar-refractivity contribution < 1.29 is 9.59 Å². The van der Waals surface area contributed by atoms with E-state index in [1.807, 2.05) is 48.5 Å². The van der Waals surface area contributed by atoms with Crippen LogP contribution >= 0.6 is 11.6 Å². The first-order chi connectivity index (χ1) is 14.5. The van der Waals surface area contributed by atoms with E-state index in [9.17, 15) is 9.59 Å². The second kappa shape index (κ2) is 10.5. The zero-order valence-corrected chi connectivity index (χ0v) is 18.0. The fourth-order valence-corrected chi connectivity index (χ4v) is 3.85. The highest BCUT2D eigenvalue weighted by molar-refractivity contribution is 6.31. The fraction of sp³-hybridized carbons (Fsp3) is 0.391. The van der Waals surface area contributed by atoms with Crippen molar-refractivity contribution in [3.8, 4) is 0 Å². The molecule has 1 aliphatic heterocycles. The van der Waals surface area contributed by atoms with Gasteiger partial charge in [0.1, 0.15) is 0 Å². The number of piperidine rings is 1. The average Bonchev–Trinajstić information content (AvgIpc) is 2.78. The zero-order chi connectivity index (χ0) is 21.4. The lowest BCUT2D eigenvalue weighted by atomic mass is 9.77. The Kier molecular flexibility index (Phi) is 7.71. The molecule has 2 aromatic rings. The summed E-state index contributed by atoms with van der Waals surface area (Å²) >= 11 is 6.20. The minimum Gasteiger partial charge on any atom is -0.351 e. The minimum absolute atomic E-state index is 0.0588. The number of aryl methyl sites for hydroxylation is 1. The number of urea groups is 1. The molecule has 0 unspecified atom stereocenters. The highest BCUT2D eigenvalue weighted by Crippen LogP contribution is 2.29. The quantitative estimate of drug-likeness (QED) is 0.542. The number of halogens is 1. The Morgan fingerprint density at radius 1 is 1.03 bits per heavy atom. The Balaban J connectivity index is 1.59. The molecule has 7 heteroatoms. The van der Waals surface area contributed by atoms with E-state index in [4.69, 9.17) is 11.6 Å². The molecule has 1 aliphatic rings. The number of benzene rings is 2. The fourth-order valence-electron chi connectivity index (χ4n) is 3.64. The predicted molar refractivity (Wildman–Crippen MR) is 121 cm³/mol. The van der Waals surface area contributed by atoms with Gasteiger partial charge in [-0.2, -0.15) is 0 Å². The van der Waals surface area contributed by atoms with Gasteiger partial charge in [-0.05, 0) is 61.7 Å². The van der Waals surface area contributed by atoms with Crippen LogP contribution < -0.4 is 21.3 Å². The normalized spacial score (nSPS) is 15.3. The summed E-state index contributed by atoms with van der Waals surface area (Å²) in [5.41, 5.74) is 2.17. The van der Waals surface area contributed by atoms with Gasteiger partial charge in [-0.3, -0.25) is 4.79 Å². The molecule has 0 radical (unpaired) electrons. The molecule has 2 aromatic carbocycles. The standard InChI is InChI=1S/C23H29ClN4O2/c1-2-17-7-9-19(10-8-17)28-22(30)27-16-23(11-13-25-14-12-23)21(29)26-15-18-5-3-4-6-20(18)24/h3-10,25H,2,11-16H2,1H3,(H,26,29)(H2,27,28,30). The Morgan fingerprint density at radius 2 is 1.73 bits per heavy atom. The number of carbonyl (C=O) groups is 2. The lowest BCUT2D eigenvalue weighted by Crippen LogP contribution is -2.53. The van der Waals surface area contributed by atoms with Gasteiger partial charge in [-0.25, -0.2) is 4.79 Å². The minimum atomic E-state index is -0.643. The Bertz CT molecular complexity index is 864. The molecule has 30 heavy (non-hydrogen) atoms. The van der Waals surface area contributed by atoms with Crippen LogP contribution in [0.2, 0.25) is 5.02 Å². The number of rotatable bonds is 7. The lowest BCUT2D eigenvalue weighted by molar-refractivity contribution is -0.132. The maximum Gasteiger partial charge on any atom is 0.319 e. The average molecular weight is 429 g/mol. The van der Waals surface area contributed by atoms with E-state index in [-0.39, 0.29) is 18.5 Å². The molecule has 1 saturated heterocycles. The van der Waals surface area contributed by atoms with Crippen LogP contribution in [0.5, 0.6) is 0 Å². The van der Waals surface area contributed by atoms with Crippen molar-refractivity contribution in [1.82, 2.24) is 16.0 Å². The molecule has 4 N–H and O–H groups in total.